The lowest BCUT2D eigenvalue weighted by molar-refractivity contribution is -0.117. The van der Waals surface area contributed by atoms with Gasteiger partial charge in [0.15, 0.2) is 24.8 Å². The van der Waals surface area contributed by atoms with Crippen LogP contribution in [0.4, 0.5) is 8.78 Å². The third kappa shape index (κ3) is 14.6. The number of benzene rings is 6. The molecule has 10 heteroatoms. The van der Waals surface area contributed by atoms with Crippen LogP contribution in [-0.2, 0) is 50.5 Å². The fraction of sp³-hybridized carbons (Fsp3) is 0.354. The second-order valence-corrected chi connectivity index (χ2v) is 24.0. The molecule has 6 aromatic rings. The number of carbonyl (C=O) groups is 2. The predicted molar refractivity (Wildman–Crippen MR) is 297 cm³/mol. The van der Waals surface area contributed by atoms with Crippen molar-refractivity contribution in [2.45, 2.75) is 138 Å². The van der Waals surface area contributed by atoms with Gasteiger partial charge in [-0.1, -0.05) is 132 Å². The quantitative estimate of drug-likeness (QED) is 0.0556. The normalized spacial score (nSPS) is 12.7. The summed E-state index contributed by atoms with van der Waals surface area (Å²) in [6.07, 6.45) is 2.73. The summed E-state index contributed by atoms with van der Waals surface area (Å²) in [5.74, 6) is -1.62. The molecule has 0 aliphatic heterocycles. The minimum absolute atomic E-state index is 0.0408. The van der Waals surface area contributed by atoms with Crippen molar-refractivity contribution >= 4 is 23.1 Å². The summed E-state index contributed by atoms with van der Waals surface area (Å²) < 4.78 is 40.2. The summed E-state index contributed by atoms with van der Waals surface area (Å²) in [6, 6.07) is 26.5. The molecule has 0 saturated heterocycles. The number of ether oxygens (including phenoxy) is 2. The van der Waals surface area contributed by atoms with Crippen molar-refractivity contribution in [3.05, 3.63) is 199 Å². The van der Waals surface area contributed by atoms with E-state index in [9.17, 15) is 38.8 Å². The number of aliphatic hydroxyl groups excluding tert-OH is 2. The molecule has 0 aliphatic carbocycles. The highest BCUT2D eigenvalue weighted by Crippen LogP contribution is 2.42. The minimum atomic E-state index is -0.546. The molecule has 0 bridgehead atoms. The SMILES string of the molecule is Cc1cc(C(C)(C)C)cc(Cc2cc(C(C)(C)C)cc(Cc3cc(C(C)(C)C)cc(Cc4cc(C(C)(C)C)cc(C)c4OCC(=O)/C=C(\O)c4ccc(F)cc4)c3O)c2OCC(=O)/C=C(\O)c2ccc(F)cc2)c1O. The summed E-state index contributed by atoms with van der Waals surface area (Å²) >= 11 is 0. The van der Waals surface area contributed by atoms with Gasteiger partial charge in [-0.25, -0.2) is 8.78 Å². The number of ketones is 2. The van der Waals surface area contributed by atoms with E-state index >= 15 is 0 Å². The predicted octanol–water partition coefficient (Wildman–Crippen LogP) is 15.0. The van der Waals surface area contributed by atoms with Gasteiger partial charge in [0.1, 0.15) is 46.2 Å². The summed E-state index contributed by atoms with van der Waals surface area (Å²) in [4.78, 5) is 27.0. The zero-order chi connectivity index (χ0) is 55.5. The molecule has 0 saturated carbocycles. The Morgan fingerprint density at radius 3 is 1.09 bits per heavy atom. The van der Waals surface area contributed by atoms with Gasteiger partial charge >= 0.3 is 0 Å². The Morgan fingerprint density at radius 2 is 0.733 bits per heavy atom. The standard InChI is InChI=1S/C65H74F2O8/c1-38-23-48(62(3,4)5)28-42(58(38)72)25-46-32-51(65(12,13)14)33-47(61(46)75-37-55(69)35-57(71)41-17-21-53(67)22-18-41)27-44-30-50(64(9,10)11)29-43(59(44)73)26-45-31-49(63(6,7)8)24-39(2)60(45)74-36-54(68)34-56(70)40-15-19-52(66)20-16-40/h15-24,28-35,70-73H,25-27,36-37H2,1-14H3/b56-34-,57-35-. The maximum absolute atomic E-state index is 13.7. The van der Waals surface area contributed by atoms with E-state index in [1.165, 1.54) is 48.5 Å². The molecule has 8 nitrogen and oxygen atoms in total. The highest BCUT2D eigenvalue weighted by Gasteiger charge is 2.27. The number of hydrogen-bond acceptors (Lipinski definition) is 8. The smallest absolute Gasteiger partial charge is 0.196 e. The van der Waals surface area contributed by atoms with Gasteiger partial charge in [-0.3, -0.25) is 9.59 Å². The molecular weight excluding hydrogens is 947 g/mol. The van der Waals surface area contributed by atoms with E-state index < -0.39 is 36.4 Å². The Labute approximate surface area is 442 Å². The van der Waals surface area contributed by atoms with E-state index in [0.717, 1.165) is 51.1 Å². The number of phenols is 2. The van der Waals surface area contributed by atoms with Crippen molar-refractivity contribution in [3.63, 3.8) is 0 Å². The first-order chi connectivity index (χ1) is 34.8. The Morgan fingerprint density at radius 1 is 0.440 bits per heavy atom. The lowest BCUT2D eigenvalue weighted by atomic mass is 9.80. The van der Waals surface area contributed by atoms with Crippen molar-refractivity contribution in [3.8, 4) is 23.0 Å². The second kappa shape index (κ2) is 22.3. The number of aromatic hydroxyl groups is 2. The Kier molecular flexibility index (Phi) is 17.0. The van der Waals surface area contributed by atoms with Crippen LogP contribution >= 0.6 is 0 Å². The number of halogens is 2. The van der Waals surface area contributed by atoms with Crippen LogP contribution in [-0.4, -0.2) is 45.2 Å². The van der Waals surface area contributed by atoms with Crippen LogP contribution in [0.3, 0.4) is 0 Å². The van der Waals surface area contributed by atoms with E-state index in [4.69, 9.17) is 9.47 Å². The van der Waals surface area contributed by atoms with Crippen molar-refractivity contribution in [2.75, 3.05) is 13.2 Å². The van der Waals surface area contributed by atoms with Gasteiger partial charge in [0, 0.05) is 42.5 Å². The van der Waals surface area contributed by atoms with Crippen LogP contribution in [0.25, 0.3) is 11.5 Å². The van der Waals surface area contributed by atoms with Gasteiger partial charge < -0.3 is 29.9 Å². The van der Waals surface area contributed by atoms with E-state index in [0.29, 0.717) is 39.3 Å². The first-order valence-corrected chi connectivity index (χ1v) is 25.4. The number of phenolic OH excluding ortho intramolecular Hbond substituents is 2. The van der Waals surface area contributed by atoms with Crippen molar-refractivity contribution in [1.82, 2.24) is 0 Å². The second-order valence-electron chi connectivity index (χ2n) is 24.0. The van der Waals surface area contributed by atoms with Crippen molar-refractivity contribution in [2.24, 2.45) is 0 Å². The highest BCUT2D eigenvalue weighted by atomic mass is 19.1. The van der Waals surface area contributed by atoms with Gasteiger partial charge in [0.25, 0.3) is 0 Å². The Hall–Kier alpha value is -7.20. The molecule has 0 heterocycles. The maximum atomic E-state index is 13.7. The zero-order valence-electron chi connectivity index (χ0n) is 46.1. The van der Waals surface area contributed by atoms with E-state index in [2.05, 4.69) is 83.1 Å². The molecule has 0 spiro atoms. The minimum Gasteiger partial charge on any atom is -0.507 e. The van der Waals surface area contributed by atoms with E-state index in [1.807, 2.05) is 62.4 Å². The van der Waals surface area contributed by atoms with Crippen LogP contribution in [0.1, 0.15) is 161 Å². The monoisotopic (exact) mass is 1020 g/mol. The first-order valence-electron chi connectivity index (χ1n) is 25.4. The fourth-order valence-corrected chi connectivity index (χ4v) is 8.83. The number of hydrogen-bond donors (Lipinski definition) is 4. The largest absolute Gasteiger partial charge is 0.507 e. The lowest BCUT2D eigenvalue weighted by Crippen LogP contribution is -2.17. The number of carbonyl (C=O) groups excluding carboxylic acids is 2. The van der Waals surface area contributed by atoms with Gasteiger partial charge in [0.2, 0.25) is 0 Å². The molecule has 0 fully saturated rings. The molecule has 75 heavy (non-hydrogen) atoms. The topological polar surface area (TPSA) is 134 Å². The summed E-state index contributed by atoms with van der Waals surface area (Å²) in [5, 5.41) is 45.8. The summed E-state index contributed by atoms with van der Waals surface area (Å²) in [6.45, 7) is 28.2. The first kappa shape index (κ1) is 57.1. The molecule has 4 N–H and O–H groups in total. The maximum Gasteiger partial charge on any atom is 0.196 e. The molecule has 0 aromatic heterocycles. The number of aliphatic hydroxyl groups is 2. The third-order valence-corrected chi connectivity index (χ3v) is 13.4. The van der Waals surface area contributed by atoms with Gasteiger partial charge in [-0.15, -0.1) is 0 Å². The Balaban J connectivity index is 1.49. The van der Waals surface area contributed by atoms with Gasteiger partial charge in [-0.2, -0.15) is 0 Å². The van der Waals surface area contributed by atoms with E-state index in [-0.39, 0.29) is 75.1 Å². The van der Waals surface area contributed by atoms with Gasteiger partial charge in [0.05, 0.1) is 0 Å². The van der Waals surface area contributed by atoms with Gasteiger partial charge in [-0.05, 0) is 151 Å². The number of aryl methyl sites for hydroxylation is 2. The zero-order valence-corrected chi connectivity index (χ0v) is 46.1. The van der Waals surface area contributed by atoms with Crippen molar-refractivity contribution < 1.29 is 48.3 Å². The molecule has 0 radical (unpaired) electrons. The van der Waals surface area contributed by atoms with Crippen LogP contribution < -0.4 is 9.47 Å². The molecule has 396 valence electrons. The lowest BCUT2D eigenvalue weighted by Gasteiger charge is -2.27. The summed E-state index contributed by atoms with van der Waals surface area (Å²) in [7, 11) is 0. The fourth-order valence-electron chi connectivity index (χ4n) is 8.83. The van der Waals surface area contributed by atoms with Crippen molar-refractivity contribution in [1.29, 1.82) is 0 Å². The molecule has 6 aromatic carbocycles. The highest BCUT2D eigenvalue weighted by molar-refractivity contribution is 5.97. The van der Waals surface area contributed by atoms with Crippen LogP contribution in [0.2, 0.25) is 0 Å². The van der Waals surface area contributed by atoms with Crippen LogP contribution in [0.5, 0.6) is 23.0 Å². The van der Waals surface area contributed by atoms with Crippen LogP contribution in [0.15, 0.2) is 109 Å². The average Bonchev–Trinajstić information content (AvgIpc) is 3.29. The summed E-state index contributed by atoms with van der Waals surface area (Å²) in [5.41, 5.74) is 8.74. The molecule has 0 atom stereocenters. The molecule has 0 amide bonds. The molecule has 6 rings (SSSR count). The molecule has 0 aliphatic rings. The average molecular weight is 1020 g/mol. The van der Waals surface area contributed by atoms with E-state index in [1.54, 1.807) is 0 Å². The Bertz CT molecular complexity index is 3150. The molecule has 0 unspecified atom stereocenters. The third-order valence-electron chi connectivity index (χ3n) is 13.4. The molecular formula is C65H74F2O8. The number of rotatable bonds is 16. The van der Waals surface area contributed by atoms with Crippen LogP contribution in [0, 0.1) is 25.5 Å².